The molecule has 0 radical (unpaired) electrons. The van der Waals surface area contributed by atoms with Gasteiger partial charge in [0.05, 0.1) is 16.8 Å². The van der Waals surface area contributed by atoms with Crippen LogP contribution >= 0.6 is 11.3 Å². The molecule has 0 fully saturated rings. The van der Waals surface area contributed by atoms with Gasteiger partial charge in [0, 0.05) is 5.39 Å². The summed E-state index contributed by atoms with van der Waals surface area (Å²) in [4.78, 5) is 16.9. The van der Waals surface area contributed by atoms with Crippen molar-refractivity contribution >= 4 is 43.6 Å². The van der Waals surface area contributed by atoms with Crippen LogP contribution in [0.1, 0.15) is 17.5 Å². The van der Waals surface area contributed by atoms with Crippen LogP contribution in [0.5, 0.6) is 5.75 Å². The second kappa shape index (κ2) is 5.98. The van der Waals surface area contributed by atoms with E-state index in [1.807, 2.05) is 49.4 Å². The number of amides is 1. The standard InChI is InChI=1S/C18H14N2O3S/c1-2-22-13-8-5-6-11-10-14(23-16(11)13)17(21)20-18-19-12-7-3-4-9-15(12)24-18/h3-10H,2H2,1H3,(H,19,20,21). The molecule has 0 saturated carbocycles. The number of fused-ring (bicyclic) bond motifs is 2. The van der Waals surface area contributed by atoms with Gasteiger partial charge in [-0.05, 0) is 31.2 Å². The second-order valence-electron chi connectivity index (χ2n) is 5.16. The number of carbonyl (C=O) groups is 1. The van der Waals surface area contributed by atoms with Gasteiger partial charge in [-0.2, -0.15) is 0 Å². The van der Waals surface area contributed by atoms with Gasteiger partial charge in [-0.25, -0.2) is 4.98 Å². The van der Waals surface area contributed by atoms with Crippen LogP contribution in [0.2, 0.25) is 0 Å². The van der Waals surface area contributed by atoms with E-state index in [1.54, 1.807) is 6.07 Å². The molecule has 0 atom stereocenters. The molecule has 6 heteroatoms. The van der Waals surface area contributed by atoms with Gasteiger partial charge in [0.2, 0.25) is 0 Å². The number of para-hydroxylation sites is 2. The molecule has 1 N–H and O–H groups in total. The Hall–Kier alpha value is -2.86. The van der Waals surface area contributed by atoms with Gasteiger partial charge >= 0.3 is 0 Å². The second-order valence-corrected chi connectivity index (χ2v) is 6.19. The van der Waals surface area contributed by atoms with Crippen molar-refractivity contribution in [2.45, 2.75) is 6.92 Å². The maximum atomic E-state index is 12.5. The lowest BCUT2D eigenvalue weighted by Gasteiger charge is -2.02. The van der Waals surface area contributed by atoms with Crippen LogP contribution < -0.4 is 10.1 Å². The molecule has 4 rings (SSSR count). The highest BCUT2D eigenvalue weighted by molar-refractivity contribution is 7.22. The van der Waals surface area contributed by atoms with Gasteiger partial charge in [0.15, 0.2) is 22.2 Å². The Balaban J connectivity index is 1.64. The highest BCUT2D eigenvalue weighted by Crippen LogP contribution is 2.30. The Bertz CT molecular complexity index is 1000. The minimum absolute atomic E-state index is 0.233. The molecule has 0 saturated heterocycles. The highest BCUT2D eigenvalue weighted by atomic mass is 32.1. The van der Waals surface area contributed by atoms with E-state index in [9.17, 15) is 4.79 Å². The fourth-order valence-corrected chi connectivity index (χ4v) is 3.36. The molecule has 2 aromatic heterocycles. The lowest BCUT2D eigenvalue weighted by atomic mass is 10.2. The van der Waals surface area contributed by atoms with E-state index in [0.29, 0.717) is 23.1 Å². The average molecular weight is 338 g/mol. The predicted octanol–water partition coefficient (Wildman–Crippen LogP) is 4.69. The Labute approximate surface area is 141 Å². The van der Waals surface area contributed by atoms with Gasteiger partial charge in [-0.15, -0.1) is 0 Å². The molecule has 5 nitrogen and oxygen atoms in total. The van der Waals surface area contributed by atoms with E-state index in [4.69, 9.17) is 9.15 Å². The number of ether oxygens (including phenoxy) is 1. The molecule has 0 bridgehead atoms. The summed E-state index contributed by atoms with van der Waals surface area (Å²) < 4.78 is 12.3. The first-order chi connectivity index (χ1) is 11.7. The first-order valence-corrected chi connectivity index (χ1v) is 8.38. The number of hydrogen-bond donors (Lipinski definition) is 1. The maximum Gasteiger partial charge on any atom is 0.293 e. The predicted molar refractivity (Wildman–Crippen MR) is 95.0 cm³/mol. The maximum absolute atomic E-state index is 12.5. The quantitative estimate of drug-likeness (QED) is 0.586. The molecule has 0 spiro atoms. The minimum atomic E-state index is -0.326. The van der Waals surface area contributed by atoms with Crippen molar-refractivity contribution in [3.05, 3.63) is 54.3 Å². The van der Waals surface area contributed by atoms with Crippen molar-refractivity contribution in [2.75, 3.05) is 11.9 Å². The van der Waals surface area contributed by atoms with Crippen LogP contribution in [0.4, 0.5) is 5.13 Å². The van der Waals surface area contributed by atoms with Crippen molar-refractivity contribution < 1.29 is 13.9 Å². The summed E-state index contributed by atoms with van der Waals surface area (Å²) in [7, 11) is 0. The van der Waals surface area contributed by atoms with Crippen molar-refractivity contribution in [2.24, 2.45) is 0 Å². The molecule has 24 heavy (non-hydrogen) atoms. The zero-order valence-electron chi connectivity index (χ0n) is 12.9. The molecule has 2 heterocycles. The molecule has 2 aromatic carbocycles. The molecule has 0 aliphatic heterocycles. The number of anilines is 1. The van der Waals surface area contributed by atoms with Gasteiger partial charge in [0.1, 0.15) is 0 Å². The average Bonchev–Trinajstić information content (AvgIpc) is 3.18. The number of benzene rings is 2. The number of nitrogens with one attached hydrogen (secondary N) is 1. The number of thiazole rings is 1. The van der Waals surface area contributed by atoms with Crippen molar-refractivity contribution in [3.8, 4) is 5.75 Å². The van der Waals surface area contributed by atoms with Crippen LogP contribution in [0.3, 0.4) is 0 Å². The third-order valence-electron chi connectivity index (χ3n) is 3.55. The number of aromatic nitrogens is 1. The van der Waals surface area contributed by atoms with E-state index in [2.05, 4.69) is 10.3 Å². The summed E-state index contributed by atoms with van der Waals surface area (Å²) in [5, 5.41) is 4.17. The fraction of sp³-hybridized carbons (Fsp3) is 0.111. The smallest absolute Gasteiger partial charge is 0.293 e. The van der Waals surface area contributed by atoms with Crippen molar-refractivity contribution in [3.63, 3.8) is 0 Å². The van der Waals surface area contributed by atoms with Gasteiger partial charge in [0.25, 0.3) is 5.91 Å². The molecular formula is C18H14N2O3S. The first-order valence-electron chi connectivity index (χ1n) is 7.57. The summed E-state index contributed by atoms with van der Waals surface area (Å²) >= 11 is 1.43. The van der Waals surface area contributed by atoms with Gasteiger partial charge in [-0.3, -0.25) is 10.1 Å². The Kier molecular flexibility index (Phi) is 3.66. The Morgan fingerprint density at radius 2 is 2.12 bits per heavy atom. The Morgan fingerprint density at radius 3 is 2.96 bits per heavy atom. The van der Waals surface area contributed by atoms with E-state index in [1.165, 1.54) is 11.3 Å². The van der Waals surface area contributed by atoms with Crippen LogP contribution in [0, 0.1) is 0 Å². The van der Waals surface area contributed by atoms with Crippen molar-refractivity contribution in [1.82, 2.24) is 4.98 Å². The zero-order chi connectivity index (χ0) is 16.5. The number of furan rings is 1. The van der Waals surface area contributed by atoms with Crippen LogP contribution in [-0.2, 0) is 0 Å². The van der Waals surface area contributed by atoms with Crippen LogP contribution in [0.15, 0.2) is 52.9 Å². The van der Waals surface area contributed by atoms with E-state index in [-0.39, 0.29) is 11.7 Å². The summed E-state index contributed by atoms with van der Waals surface area (Å²) in [5.74, 6) is 0.540. The van der Waals surface area contributed by atoms with E-state index in [0.717, 1.165) is 15.6 Å². The molecule has 120 valence electrons. The van der Waals surface area contributed by atoms with Gasteiger partial charge in [-0.1, -0.05) is 35.6 Å². The third-order valence-corrected chi connectivity index (χ3v) is 4.50. The SMILES string of the molecule is CCOc1cccc2cc(C(=O)Nc3nc4ccccc4s3)oc12. The molecule has 1 amide bonds. The molecule has 4 aromatic rings. The number of rotatable bonds is 4. The first kappa shape index (κ1) is 14.7. The highest BCUT2D eigenvalue weighted by Gasteiger charge is 2.16. The third kappa shape index (κ3) is 2.61. The summed E-state index contributed by atoms with van der Waals surface area (Å²) in [6, 6.07) is 15.0. The van der Waals surface area contributed by atoms with E-state index >= 15 is 0 Å². The largest absolute Gasteiger partial charge is 0.490 e. The monoisotopic (exact) mass is 338 g/mol. The lowest BCUT2D eigenvalue weighted by Crippen LogP contribution is -2.10. The zero-order valence-corrected chi connectivity index (χ0v) is 13.7. The normalized spacial score (nSPS) is 11.0. The summed E-state index contributed by atoms with van der Waals surface area (Å²) in [6.45, 7) is 2.44. The molecule has 0 unspecified atom stereocenters. The topological polar surface area (TPSA) is 64.4 Å². The molecular weight excluding hydrogens is 324 g/mol. The minimum Gasteiger partial charge on any atom is -0.490 e. The van der Waals surface area contributed by atoms with E-state index < -0.39 is 0 Å². The number of carbonyl (C=O) groups excluding carboxylic acids is 1. The van der Waals surface area contributed by atoms with Gasteiger partial charge < -0.3 is 9.15 Å². The van der Waals surface area contributed by atoms with Crippen LogP contribution in [-0.4, -0.2) is 17.5 Å². The number of hydrogen-bond acceptors (Lipinski definition) is 5. The summed E-state index contributed by atoms with van der Waals surface area (Å²) in [5.41, 5.74) is 1.44. The molecule has 0 aliphatic rings. The Morgan fingerprint density at radius 1 is 1.25 bits per heavy atom. The summed E-state index contributed by atoms with van der Waals surface area (Å²) in [6.07, 6.45) is 0. The lowest BCUT2D eigenvalue weighted by molar-refractivity contribution is 0.0998. The fourth-order valence-electron chi connectivity index (χ4n) is 2.50. The van der Waals surface area contributed by atoms with Crippen molar-refractivity contribution in [1.29, 1.82) is 0 Å². The van der Waals surface area contributed by atoms with Crippen LogP contribution in [0.25, 0.3) is 21.2 Å². The number of nitrogens with zero attached hydrogens (tertiary/aromatic N) is 1. The molecule has 0 aliphatic carbocycles.